The Morgan fingerprint density at radius 1 is 1.11 bits per heavy atom. The van der Waals surface area contributed by atoms with Crippen molar-refractivity contribution in [3.8, 4) is 11.5 Å². The van der Waals surface area contributed by atoms with Crippen molar-refractivity contribution in [1.29, 1.82) is 0 Å². The first-order valence-corrected chi connectivity index (χ1v) is 13.2. The lowest BCUT2D eigenvalue weighted by Gasteiger charge is -2.37. The van der Waals surface area contributed by atoms with Crippen molar-refractivity contribution in [3.05, 3.63) is 48.0 Å². The Hall–Kier alpha value is -3.03. The molecule has 13 heteroatoms. The molecule has 2 aliphatic rings. The molecule has 37 heavy (non-hydrogen) atoms. The third-order valence-corrected chi connectivity index (χ3v) is 7.66. The number of para-hydroxylation sites is 1. The summed E-state index contributed by atoms with van der Waals surface area (Å²) in [6, 6.07) is 9.75. The van der Waals surface area contributed by atoms with Crippen LogP contribution in [0.2, 0.25) is 0 Å². The highest BCUT2D eigenvalue weighted by molar-refractivity contribution is 7.89. The number of nitrogens with one attached hydrogen (secondary N) is 1. The van der Waals surface area contributed by atoms with E-state index >= 15 is 0 Å². The number of hydrogen-bond acceptors (Lipinski definition) is 7. The van der Waals surface area contributed by atoms with Gasteiger partial charge in [-0.2, -0.15) is 0 Å². The van der Waals surface area contributed by atoms with E-state index < -0.39 is 28.0 Å². The van der Waals surface area contributed by atoms with Crippen molar-refractivity contribution in [3.63, 3.8) is 0 Å². The normalized spacial score (nSPS) is 18.6. The van der Waals surface area contributed by atoms with Crippen LogP contribution in [0.5, 0.6) is 11.5 Å². The minimum Gasteiger partial charge on any atom is -0.495 e. The third kappa shape index (κ3) is 6.65. The number of hydrogen-bond donors (Lipinski definition) is 1. The van der Waals surface area contributed by atoms with Gasteiger partial charge in [-0.25, -0.2) is 13.1 Å². The molecule has 0 bridgehead atoms. The Bertz CT molecular complexity index is 1210. The van der Waals surface area contributed by atoms with Crippen LogP contribution < -0.4 is 19.1 Å². The van der Waals surface area contributed by atoms with Crippen LogP contribution in [0.15, 0.2) is 47.4 Å². The van der Waals surface area contributed by atoms with Crippen molar-refractivity contribution in [1.82, 2.24) is 9.62 Å². The van der Waals surface area contributed by atoms with Crippen LogP contribution in [-0.4, -0.2) is 78.1 Å². The molecule has 0 aromatic heterocycles. The smallest absolute Gasteiger partial charge is 0.495 e. The van der Waals surface area contributed by atoms with E-state index in [1.54, 1.807) is 6.07 Å². The standard InChI is InChI=1S/C24H28F3N3O6S/c1-34-22-9-8-18(37(32,33)28-16-17-5-4-14-35-17)15-20(22)29-10-12-30(13-11-29)23(31)19-6-2-3-7-21(19)36-24(25,26)27/h2-3,6-9,15,17,28H,4-5,10-14,16H2,1H3. The van der Waals surface area contributed by atoms with E-state index in [0.717, 1.165) is 18.9 Å². The van der Waals surface area contributed by atoms with Crippen LogP contribution in [-0.2, 0) is 14.8 Å². The number of carbonyl (C=O) groups excluding carboxylic acids is 1. The second-order valence-corrected chi connectivity index (χ2v) is 10.4. The molecule has 2 saturated heterocycles. The summed E-state index contributed by atoms with van der Waals surface area (Å²) in [5.41, 5.74) is 0.353. The molecule has 0 radical (unpaired) electrons. The predicted octanol–water partition coefficient (Wildman–Crippen LogP) is 3.01. The number of rotatable bonds is 8. The molecule has 2 aromatic rings. The first-order chi connectivity index (χ1) is 17.6. The minimum atomic E-state index is -4.92. The molecule has 2 heterocycles. The number of nitrogens with zero attached hydrogens (tertiary/aromatic N) is 2. The van der Waals surface area contributed by atoms with Gasteiger partial charge >= 0.3 is 6.36 Å². The summed E-state index contributed by atoms with van der Waals surface area (Å²) in [6.07, 6.45) is -3.37. The average Bonchev–Trinajstić information content (AvgIpc) is 3.40. The fraction of sp³-hybridized carbons (Fsp3) is 0.458. The number of piperazine rings is 1. The summed E-state index contributed by atoms with van der Waals surface area (Å²) < 4.78 is 81.6. The van der Waals surface area contributed by atoms with Gasteiger partial charge in [-0.1, -0.05) is 12.1 Å². The monoisotopic (exact) mass is 543 g/mol. The maximum Gasteiger partial charge on any atom is 0.573 e. The van der Waals surface area contributed by atoms with Gasteiger partial charge in [0.05, 0.1) is 29.4 Å². The summed E-state index contributed by atoms with van der Waals surface area (Å²) in [4.78, 5) is 16.4. The largest absolute Gasteiger partial charge is 0.573 e. The predicted molar refractivity (Wildman–Crippen MR) is 128 cm³/mol. The van der Waals surface area contributed by atoms with Gasteiger partial charge in [-0.15, -0.1) is 13.2 Å². The first-order valence-electron chi connectivity index (χ1n) is 11.8. The molecule has 1 unspecified atom stereocenters. The zero-order chi connectivity index (χ0) is 26.6. The van der Waals surface area contributed by atoms with Crippen LogP contribution in [0.25, 0.3) is 0 Å². The van der Waals surface area contributed by atoms with E-state index in [9.17, 15) is 26.4 Å². The minimum absolute atomic E-state index is 0.0676. The van der Waals surface area contributed by atoms with Crippen LogP contribution in [0.3, 0.4) is 0 Å². The van der Waals surface area contributed by atoms with Crippen molar-refractivity contribution in [2.45, 2.75) is 30.2 Å². The van der Waals surface area contributed by atoms with Crippen LogP contribution >= 0.6 is 0 Å². The number of sulfonamides is 1. The summed E-state index contributed by atoms with van der Waals surface area (Å²) >= 11 is 0. The van der Waals surface area contributed by atoms with E-state index in [1.165, 1.54) is 42.3 Å². The lowest BCUT2D eigenvalue weighted by molar-refractivity contribution is -0.274. The van der Waals surface area contributed by atoms with Gasteiger partial charge in [0.1, 0.15) is 11.5 Å². The quantitative estimate of drug-likeness (QED) is 0.547. The molecule has 1 atom stereocenters. The molecular weight excluding hydrogens is 515 g/mol. The fourth-order valence-corrected chi connectivity index (χ4v) is 5.44. The maximum absolute atomic E-state index is 13.0. The van der Waals surface area contributed by atoms with Crippen LogP contribution in [0.4, 0.5) is 18.9 Å². The van der Waals surface area contributed by atoms with Crippen molar-refractivity contribution < 1.29 is 40.6 Å². The van der Waals surface area contributed by atoms with Crippen molar-refractivity contribution in [2.75, 3.05) is 51.3 Å². The maximum atomic E-state index is 13.0. The molecule has 2 aliphatic heterocycles. The van der Waals surface area contributed by atoms with Gasteiger partial charge in [0, 0.05) is 39.3 Å². The fourth-order valence-electron chi connectivity index (χ4n) is 4.35. The Morgan fingerprint density at radius 2 is 1.84 bits per heavy atom. The molecule has 2 fully saturated rings. The zero-order valence-corrected chi connectivity index (χ0v) is 21.0. The second-order valence-electron chi connectivity index (χ2n) is 8.64. The van der Waals surface area contributed by atoms with Crippen molar-refractivity contribution >= 4 is 21.6 Å². The number of halogens is 3. The summed E-state index contributed by atoms with van der Waals surface area (Å²) in [5, 5.41) is 0. The van der Waals surface area contributed by atoms with Crippen molar-refractivity contribution in [2.24, 2.45) is 0 Å². The number of methoxy groups -OCH3 is 1. The molecule has 1 N–H and O–H groups in total. The lowest BCUT2D eigenvalue weighted by Crippen LogP contribution is -2.49. The number of benzene rings is 2. The molecule has 1 amide bonds. The Balaban J connectivity index is 1.46. The van der Waals surface area contributed by atoms with Crippen LogP contribution in [0, 0.1) is 0 Å². The molecule has 0 saturated carbocycles. The molecule has 4 rings (SSSR count). The number of ether oxygens (including phenoxy) is 3. The second kappa shape index (κ2) is 11.2. The SMILES string of the molecule is COc1ccc(S(=O)(=O)NCC2CCCO2)cc1N1CCN(C(=O)c2ccccc2OC(F)(F)F)CC1. The lowest BCUT2D eigenvalue weighted by atomic mass is 10.1. The van der Waals surface area contributed by atoms with E-state index in [4.69, 9.17) is 9.47 Å². The summed E-state index contributed by atoms with van der Waals surface area (Å²) in [6.45, 7) is 1.85. The molecule has 0 aliphatic carbocycles. The van der Waals surface area contributed by atoms with Gasteiger partial charge in [0.2, 0.25) is 10.0 Å². The number of alkyl halides is 3. The molecule has 202 valence electrons. The van der Waals surface area contributed by atoms with E-state index in [-0.39, 0.29) is 36.2 Å². The average molecular weight is 544 g/mol. The van der Waals surface area contributed by atoms with Gasteiger partial charge in [0.15, 0.2) is 0 Å². The van der Waals surface area contributed by atoms with Gasteiger partial charge in [-0.05, 0) is 43.2 Å². The van der Waals surface area contributed by atoms with E-state index in [0.29, 0.717) is 31.1 Å². The molecule has 2 aromatic carbocycles. The number of anilines is 1. The highest BCUT2D eigenvalue weighted by Gasteiger charge is 2.34. The highest BCUT2D eigenvalue weighted by Crippen LogP contribution is 2.33. The van der Waals surface area contributed by atoms with Gasteiger partial charge in [-0.3, -0.25) is 4.79 Å². The van der Waals surface area contributed by atoms with E-state index in [2.05, 4.69) is 9.46 Å². The summed E-state index contributed by atoms with van der Waals surface area (Å²) in [7, 11) is -2.32. The van der Waals surface area contributed by atoms with Crippen LogP contribution in [0.1, 0.15) is 23.2 Å². The summed E-state index contributed by atoms with van der Waals surface area (Å²) in [5.74, 6) is -0.680. The number of carbonyl (C=O) groups is 1. The molecule has 0 spiro atoms. The molecular formula is C24H28F3N3O6S. The Labute approximate surface area is 213 Å². The topological polar surface area (TPSA) is 97.4 Å². The highest BCUT2D eigenvalue weighted by atomic mass is 32.2. The van der Waals surface area contributed by atoms with E-state index in [1.807, 2.05) is 4.90 Å². The Morgan fingerprint density at radius 3 is 2.49 bits per heavy atom. The first kappa shape index (κ1) is 27.0. The molecule has 9 nitrogen and oxygen atoms in total. The Kier molecular flexibility index (Phi) is 8.14. The van der Waals surface area contributed by atoms with Gasteiger partial charge < -0.3 is 24.0 Å². The zero-order valence-electron chi connectivity index (χ0n) is 20.2. The third-order valence-electron chi connectivity index (χ3n) is 6.24. The van der Waals surface area contributed by atoms with Gasteiger partial charge in [0.25, 0.3) is 5.91 Å². The number of amides is 1.